The van der Waals surface area contributed by atoms with Gasteiger partial charge in [-0.2, -0.15) is 0 Å². The standard InChI is InChI=1S/C4H6O3.K.NO3/c1-3(5)7-4(2)6;;2-1(3)4/h1-2H3;;/q;+1;-1. The minimum absolute atomic E-state index is 0. The number of hydrogen-bond donors (Lipinski definition) is 0. The minimum atomic E-state index is -1.75. The summed E-state index contributed by atoms with van der Waals surface area (Å²) in [4.78, 5) is 27.9. The maximum atomic E-state index is 9.81. The molecule has 0 saturated heterocycles. The molecule has 0 saturated carbocycles. The molecule has 64 valence electrons. The Bertz CT molecular complexity index is 153. The topological polar surface area (TPSA) is 110 Å². The van der Waals surface area contributed by atoms with Gasteiger partial charge >= 0.3 is 63.3 Å². The van der Waals surface area contributed by atoms with Gasteiger partial charge in [-0.1, -0.05) is 0 Å². The normalized spacial score (nSPS) is 6.50. The Balaban J connectivity index is -0.000000142. The van der Waals surface area contributed by atoms with E-state index in [1.807, 2.05) is 0 Å². The average Bonchev–Trinajstić information content (AvgIpc) is 1.56. The molecule has 0 heterocycles. The van der Waals surface area contributed by atoms with Gasteiger partial charge in [-0.15, -0.1) is 0 Å². The van der Waals surface area contributed by atoms with E-state index in [0.29, 0.717) is 0 Å². The van der Waals surface area contributed by atoms with Crippen LogP contribution >= 0.6 is 0 Å². The molecule has 8 heteroatoms. The Morgan fingerprint density at radius 2 is 1.33 bits per heavy atom. The van der Waals surface area contributed by atoms with Gasteiger partial charge < -0.3 is 20.1 Å². The third-order valence-corrected chi connectivity index (χ3v) is 0.287. The third-order valence-electron chi connectivity index (χ3n) is 0.287. The Morgan fingerprint density at radius 1 is 1.17 bits per heavy atom. The summed E-state index contributed by atoms with van der Waals surface area (Å²) in [7, 11) is 0. The molecule has 0 spiro atoms. The quantitative estimate of drug-likeness (QED) is 0.135. The van der Waals surface area contributed by atoms with Crippen LogP contribution in [0.3, 0.4) is 0 Å². The molecular weight excluding hydrogens is 197 g/mol. The Kier molecular flexibility index (Phi) is 16.4. The molecule has 12 heavy (non-hydrogen) atoms. The molecule has 0 unspecified atom stereocenters. The Labute approximate surface area is 111 Å². The largest absolute Gasteiger partial charge is 1.00 e. The molecule has 0 aliphatic carbocycles. The monoisotopic (exact) mass is 203 g/mol. The molecule has 0 aliphatic heterocycles. The predicted molar refractivity (Wildman–Crippen MR) is 32.8 cm³/mol. The average molecular weight is 203 g/mol. The van der Waals surface area contributed by atoms with Crippen LogP contribution in [-0.4, -0.2) is 17.0 Å². The second-order valence-corrected chi connectivity index (χ2v) is 1.31. The number of carbonyl (C=O) groups is 2. The second kappa shape index (κ2) is 11.0. The van der Waals surface area contributed by atoms with Gasteiger partial charge in [0.2, 0.25) is 0 Å². The molecule has 0 rings (SSSR count). The van der Waals surface area contributed by atoms with Gasteiger partial charge in [0.1, 0.15) is 0 Å². The van der Waals surface area contributed by atoms with Crippen molar-refractivity contribution in [2.24, 2.45) is 0 Å². The van der Waals surface area contributed by atoms with E-state index >= 15 is 0 Å². The van der Waals surface area contributed by atoms with Crippen LogP contribution in [0.25, 0.3) is 0 Å². The van der Waals surface area contributed by atoms with Crippen LogP contribution in [0, 0.1) is 15.3 Å². The van der Waals surface area contributed by atoms with Crippen LogP contribution in [0.15, 0.2) is 0 Å². The van der Waals surface area contributed by atoms with Crippen LogP contribution in [-0.2, 0) is 14.3 Å². The number of hydrogen-bond acceptors (Lipinski definition) is 6. The van der Waals surface area contributed by atoms with Gasteiger partial charge in [0, 0.05) is 13.8 Å². The smallest absolute Gasteiger partial charge is 0.394 e. The molecule has 0 aromatic heterocycles. The summed E-state index contributed by atoms with van der Waals surface area (Å²) in [5, 5.41) is 14.8. The van der Waals surface area contributed by atoms with Crippen molar-refractivity contribution in [1.29, 1.82) is 0 Å². The Hall–Kier alpha value is -0.0236. The third kappa shape index (κ3) is 50.8. The molecule has 0 fully saturated rings. The van der Waals surface area contributed by atoms with E-state index in [-0.39, 0.29) is 51.4 Å². The van der Waals surface area contributed by atoms with Crippen LogP contribution in [0.2, 0.25) is 0 Å². The van der Waals surface area contributed by atoms with E-state index in [1.165, 1.54) is 13.8 Å². The van der Waals surface area contributed by atoms with Crippen molar-refractivity contribution >= 4 is 11.9 Å². The first kappa shape index (κ1) is 17.9. The van der Waals surface area contributed by atoms with Crippen LogP contribution in [0.5, 0.6) is 0 Å². The molecule has 0 N–H and O–H groups in total. The van der Waals surface area contributed by atoms with Gasteiger partial charge in [0.15, 0.2) is 0 Å². The van der Waals surface area contributed by atoms with E-state index in [4.69, 9.17) is 15.3 Å². The summed E-state index contributed by atoms with van der Waals surface area (Å²) in [5.41, 5.74) is 0. The zero-order valence-electron chi connectivity index (χ0n) is 6.90. The van der Waals surface area contributed by atoms with Crippen molar-refractivity contribution in [3.05, 3.63) is 15.3 Å². The first-order valence-corrected chi connectivity index (χ1v) is 2.36. The van der Waals surface area contributed by atoms with Crippen LogP contribution in [0.1, 0.15) is 13.8 Å². The van der Waals surface area contributed by atoms with Gasteiger partial charge in [-0.25, -0.2) is 0 Å². The fourth-order valence-corrected chi connectivity index (χ4v) is 0.202. The molecule has 0 atom stereocenters. The van der Waals surface area contributed by atoms with Gasteiger partial charge in [0.25, 0.3) is 0 Å². The summed E-state index contributed by atoms with van der Waals surface area (Å²) in [5.74, 6) is -1.12. The van der Waals surface area contributed by atoms with Crippen LogP contribution < -0.4 is 51.4 Å². The SMILES string of the molecule is CC(=O)OC(C)=O.O=[N+]([O-])[O-].[K+]. The molecule has 7 nitrogen and oxygen atoms in total. The summed E-state index contributed by atoms with van der Waals surface area (Å²) in [6.45, 7) is 2.36. The summed E-state index contributed by atoms with van der Waals surface area (Å²) >= 11 is 0. The van der Waals surface area contributed by atoms with Gasteiger partial charge in [-0.05, 0) is 0 Å². The summed E-state index contributed by atoms with van der Waals surface area (Å²) < 4.78 is 3.97. The molecule has 0 radical (unpaired) electrons. The van der Waals surface area contributed by atoms with Crippen molar-refractivity contribution < 1.29 is 70.8 Å². The summed E-state index contributed by atoms with van der Waals surface area (Å²) in [6.07, 6.45) is 0. The second-order valence-electron chi connectivity index (χ2n) is 1.31. The molecular formula is C4H6KNO6. The molecule has 0 aromatic carbocycles. The molecule has 0 aromatic rings. The van der Waals surface area contributed by atoms with Crippen molar-refractivity contribution in [2.45, 2.75) is 13.8 Å². The van der Waals surface area contributed by atoms with Crippen LogP contribution in [0.4, 0.5) is 0 Å². The van der Waals surface area contributed by atoms with E-state index in [2.05, 4.69) is 4.74 Å². The fourth-order valence-electron chi connectivity index (χ4n) is 0.202. The number of carbonyl (C=O) groups excluding carboxylic acids is 2. The van der Waals surface area contributed by atoms with Crippen molar-refractivity contribution in [2.75, 3.05) is 0 Å². The maximum absolute atomic E-state index is 9.81. The molecule has 0 amide bonds. The summed E-state index contributed by atoms with van der Waals surface area (Å²) in [6, 6.07) is 0. The van der Waals surface area contributed by atoms with E-state index in [1.54, 1.807) is 0 Å². The molecule has 0 aliphatic rings. The predicted octanol–water partition coefficient (Wildman–Crippen LogP) is -3.14. The number of nitrogens with zero attached hydrogens (tertiary/aromatic N) is 1. The maximum Gasteiger partial charge on any atom is 1.00 e. The number of ether oxygens (including phenoxy) is 1. The number of rotatable bonds is 0. The van der Waals surface area contributed by atoms with Crippen molar-refractivity contribution in [1.82, 2.24) is 0 Å². The zero-order chi connectivity index (χ0) is 9.44. The minimum Gasteiger partial charge on any atom is -0.394 e. The van der Waals surface area contributed by atoms with Gasteiger partial charge in [0.05, 0.1) is 5.09 Å². The van der Waals surface area contributed by atoms with Gasteiger partial charge in [-0.3, -0.25) is 9.59 Å². The van der Waals surface area contributed by atoms with E-state index in [9.17, 15) is 9.59 Å². The number of esters is 2. The van der Waals surface area contributed by atoms with E-state index in [0.717, 1.165) is 0 Å². The fraction of sp³-hybridized carbons (Fsp3) is 0.500. The van der Waals surface area contributed by atoms with Crippen molar-refractivity contribution in [3.63, 3.8) is 0 Å². The Morgan fingerprint density at radius 3 is 1.33 bits per heavy atom. The first-order valence-electron chi connectivity index (χ1n) is 2.36. The first-order chi connectivity index (χ1) is 4.86. The van der Waals surface area contributed by atoms with E-state index < -0.39 is 17.0 Å². The zero-order valence-corrected chi connectivity index (χ0v) is 10.0. The molecule has 0 bridgehead atoms. The van der Waals surface area contributed by atoms with Crippen molar-refractivity contribution in [3.8, 4) is 0 Å².